The summed E-state index contributed by atoms with van der Waals surface area (Å²) in [5.74, 6) is 0.880. The Bertz CT molecular complexity index is 894. The van der Waals surface area contributed by atoms with Gasteiger partial charge in [-0.15, -0.1) is 0 Å². The molecule has 2 heterocycles. The van der Waals surface area contributed by atoms with E-state index in [0.29, 0.717) is 6.61 Å². The van der Waals surface area contributed by atoms with E-state index in [9.17, 15) is 0 Å². The molecule has 1 N–H and O–H groups in total. The second-order valence-electron chi connectivity index (χ2n) is 5.71. The SMILES string of the molecule is c1ccc(CCOc2ccc(-c3cc4ccccc4[nH]3)cc2)nc1. The molecule has 2 aromatic carbocycles. The standard InChI is InChI=1S/C21H18N2O/c1-2-7-20-17(5-1)15-21(23-20)16-8-10-19(11-9-16)24-14-12-18-6-3-4-13-22-18/h1-11,13,15,23H,12,14H2. The molecule has 0 saturated heterocycles. The minimum absolute atomic E-state index is 0.628. The van der Waals surface area contributed by atoms with E-state index < -0.39 is 0 Å². The molecule has 0 atom stereocenters. The summed E-state index contributed by atoms with van der Waals surface area (Å²) < 4.78 is 5.81. The van der Waals surface area contributed by atoms with Crippen LogP contribution in [0.3, 0.4) is 0 Å². The van der Waals surface area contributed by atoms with Crippen LogP contribution in [0.5, 0.6) is 5.75 Å². The van der Waals surface area contributed by atoms with E-state index in [2.05, 4.69) is 46.4 Å². The Morgan fingerprint density at radius 2 is 1.71 bits per heavy atom. The minimum atomic E-state index is 0.628. The normalized spacial score (nSPS) is 10.8. The molecule has 0 aliphatic heterocycles. The molecule has 0 bridgehead atoms. The van der Waals surface area contributed by atoms with Gasteiger partial charge in [0.25, 0.3) is 0 Å². The number of benzene rings is 2. The molecule has 0 fully saturated rings. The van der Waals surface area contributed by atoms with Crippen molar-refractivity contribution in [3.05, 3.63) is 84.7 Å². The van der Waals surface area contributed by atoms with Gasteiger partial charge in [-0.3, -0.25) is 4.98 Å². The number of H-pyrrole nitrogens is 1. The predicted molar refractivity (Wildman–Crippen MR) is 97.2 cm³/mol. The van der Waals surface area contributed by atoms with E-state index in [1.54, 1.807) is 0 Å². The second-order valence-corrected chi connectivity index (χ2v) is 5.71. The van der Waals surface area contributed by atoms with E-state index in [1.807, 2.05) is 42.6 Å². The quantitative estimate of drug-likeness (QED) is 0.572. The zero-order chi connectivity index (χ0) is 16.2. The lowest BCUT2D eigenvalue weighted by Crippen LogP contribution is -2.02. The van der Waals surface area contributed by atoms with Crippen LogP contribution in [0.1, 0.15) is 5.69 Å². The molecular weight excluding hydrogens is 296 g/mol. The molecule has 118 valence electrons. The lowest BCUT2D eigenvalue weighted by molar-refractivity contribution is 0.320. The average molecular weight is 314 g/mol. The van der Waals surface area contributed by atoms with Crippen molar-refractivity contribution >= 4 is 10.9 Å². The van der Waals surface area contributed by atoms with Gasteiger partial charge < -0.3 is 9.72 Å². The first-order valence-electron chi connectivity index (χ1n) is 8.09. The maximum atomic E-state index is 5.81. The van der Waals surface area contributed by atoms with Gasteiger partial charge in [0.1, 0.15) is 5.75 Å². The number of fused-ring (bicyclic) bond motifs is 1. The molecule has 0 aliphatic rings. The summed E-state index contributed by atoms with van der Waals surface area (Å²) in [5, 5.41) is 1.23. The van der Waals surface area contributed by atoms with Crippen molar-refractivity contribution < 1.29 is 4.74 Å². The number of aromatic amines is 1. The topological polar surface area (TPSA) is 37.9 Å². The van der Waals surface area contributed by atoms with Gasteiger partial charge in [0.15, 0.2) is 0 Å². The Hall–Kier alpha value is -3.07. The van der Waals surface area contributed by atoms with Gasteiger partial charge in [-0.25, -0.2) is 0 Å². The van der Waals surface area contributed by atoms with Crippen LogP contribution in [0.25, 0.3) is 22.2 Å². The van der Waals surface area contributed by atoms with Crippen molar-refractivity contribution in [2.24, 2.45) is 0 Å². The van der Waals surface area contributed by atoms with Gasteiger partial charge in [0, 0.05) is 34.9 Å². The number of hydrogen-bond donors (Lipinski definition) is 1. The van der Waals surface area contributed by atoms with Crippen LogP contribution < -0.4 is 4.74 Å². The smallest absolute Gasteiger partial charge is 0.119 e. The molecule has 24 heavy (non-hydrogen) atoms. The summed E-state index contributed by atoms with van der Waals surface area (Å²) in [4.78, 5) is 7.75. The molecule has 0 radical (unpaired) electrons. The number of aromatic nitrogens is 2. The largest absolute Gasteiger partial charge is 0.493 e. The third-order valence-corrected chi connectivity index (χ3v) is 4.05. The number of para-hydroxylation sites is 1. The Morgan fingerprint density at radius 1 is 0.875 bits per heavy atom. The Labute approximate surface area is 140 Å². The lowest BCUT2D eigenvalue weighted by atomic mass is 10.1. The van der Waals surface area contributed by atoms with Crippen molar-refractivity contribution in [1.82, 2.24) is 9.97 Å². The number of rotatable bonds is 5. The summed E-state index contributed by atoms with van der Waals surface area (Å²) in [7, 11) is 0. The van der Waals surface area contributed by atoms with Crippen LogP contribution in [0.15, 0.2) is 79.0 Å². The van der Waals surface area contributed by atoms with Crippen LogP contribution in [0.2, 0.25) is 0 Å². The third kappa shape index (κ3) is 3.15. The molecule has 0 saturated carbocycles. The molecule has 0 unspecified atom stereocenters. The minimum Gasteiger partial charge on any atom is -0.493 e. The zero-order valence-electron chi connectivity index (χ0n) is 13.3. The van der Waals surface area contributed by atoms with E-state index in [-0.39, 0.29) is 0 Å². The van der Waals surface area contributed by atoms with Crippen molar-refractivity contribution in [2.45, 2.75) is 6.42 Å². The fraction of sp³-hybridized carbons (Fsp3) is 0.0952. The molecule has 4 rings (SSSR count). The first-order valence-corrected chi connectivity index (χ1v) is 8.09. The van der Waals surface area contributed by atoms with Gasteiger partial charge in [-0.05, 0) is 54.1 Å². The molecule has 4 aromatic rings. The molecule has 0 aliphatic carbocycles. The summed E-state index contributed by atoms with van der Waals surface area (Å²) in [5.41, 5.74) is 4.48. The maximum Gasteiger partial charge on any atom is 0.119 e. The number of nitrogens with one attached hydrogen (secondary N) is 1. The number of pyridine rings is 1. The van der Waals surface area contributed by atoms with E-state index in [4.69, 9.17) is 4.74 Å². The summed E-state index contributed by atoms with van der Waals surface area (Å²) in [6.45, 7) is 0.628. The molecule has 3 nitrogen and oxygen atoms in total. The van der Waals surface area contributed by atoms with Gasteiger partial charge in [0.2, 0.25) is 0 Å². The number of ether oxygens (including phenoxy) is 1. The summed E-state index contributed by atoms with van der Waals surface area (Å²) >= 11 is 0. The first kappa shape index (κ1) is 14.5. The van der Waals surface area contributed by atoms with Crippen molar-refractivity contribution in [2.75, 3.05) is 6.61 Å². The van der Waals surface area contributed by atoms with E-state index in [1.165, 1.54) is 5.39 Å². The highest BCUT2D eigenvalue weighted by Gasteiger charge is 2.03. The fourth-order valence-corrected chi connectivity index (χ4v) is 2.78. The Balaban J connectivity index is 1.42. The summed E-state index contributed by atoms with van der Waals surface area (Å²) in [6.07, 6.45) is 2.62. The van der Waals surface area contributed by atoms with Crippen molar-refractivity contribution in [3.63, 3.8) is 0 Å². The van der Waals surface area contributed by atoms with Gasteiger partial charge in [-0.2, -0.15) is 0 Å². The highest BCUT2D eigenvalue weighted by Crippen LogP contribution is 2.25. The predicted octanol–water partition coefficient (Wildman–Crippen LogP) is 4.85. The number of hydrogen-bond acceptors (Lipinski definition) is 2. The van der Waals surface area contributed by atoms with Crippen molar-refractivity contribution in [3.8, 4) is 17.0 Å². The van der Waals surface area contributed by atoms with Crippen molar-refractivity contribution in [1.29, 1.82) is 0 Å². The van der Waals surface area contributed by atoms with Crippen LogP contribution in [0, 0.1) is 0 Å². The van der Waals surface area contributed by atoms with E-state index in [0.717, 1.165) is 34.6 Å². The molecule has 3 heteroatoms. The highest BCUT2D eigenvalue weighted by atomic mass is 16.5. The fourth-order valence-electron chi connectivity index (χ4n) is 2.78. The monoisotopic (exact) mass is 314 g/mol. The third-order valence-electron chi connectivity index (χ3n) is 4.05. The van der Waals surface area contributed by atoms with Crippen LogP contribution in [-0.4, -0.2) is 16.6 Å². The second kappa shape index (κ2) is 6.59. The maximum absolute atomic E-state index is 5.81. The molecular formula is C21H18N2O. The van der Waals surface area contributed by atoms with Gasteiger partial charge in [0.05, 0.1) is 6.61 Å². The first-order chi connectivity index (χ1) is 11.9. The molecule has 2 aromatic heterocycles. The molecule has 0 amide bonds. The summed E-state index contributed by atoms with van der Waals surface area (Å²) in [6, 6.07) is 24.6. The highest BCUT2D eigenvalue weighted by molar-refractivity contribution is 5.85. The average Bonchev–Trinajstić information content (AvgIpc) is 3.07. The van der Waals surface area contributed by atoms with Gasteiger partial charge in [-0.1, -0.05) is 24.3 Å². The van der Waals surface area contributed by atoms with E-state index >= 15 is 0 Å². The van der Waals surface area contributed by atoms with Gasteiger partial charge >= 0.3 is 0 Å². The van der Waals surface area contributed by atoms with Crippen LogP contribution in [0.4, 0.5) is 0 Å². The van der Waals surface area contributed by atoms with Crippen LogP contribution in [-0.2, 0) is 6.42 Å². The zero-order valence-corrected chi connectivity index (χ0v) is 13.3. The van der Waals surface area contributed by atoms with Crippen LogP contribution >= 0.6 is 0 Å². The molecule has 0 spiro atoms. The Morgan fingerprint density at radius 3 is 2.50 bits per heavy atom. The Kier molecular flexibility index (Phi) is 3.98. The lowest BCUT2D eigenvalue weighted by Gasteiger charge is -2.06. The number of nitrogens with zero attached hydrogens (tertiary/aromatic N) is 1.